The first-order chi connectivity index (χ1) is 13.5. The van der Waals surface area contributed by atoms with E-state index in [1.807, 2.05) is 0 Å². The molecule has 0 aliphatic carbocycles. The van der Waals surface area contributed by atoms with E-state index in [0.29, 0.717) is 22.7 Å². The van der Waals surface area contributed by atoms with Gasteiger partial charge in [-0.1, -0.05) is 30.3 Å². The molecule has 1 saturated heterocycles. The SMILES string of the molecule is O=C(N[C@@H](C(=O)O)c1ccccc1)[C@H]1CC(=O)N(c2ccc3c(c2)OCO3)C1. The highest BCUT2D eigenvalue weighted by molar-refractivity contribution is 6.01. The number of aliphatic carboxylic acids is 1. The van der Waals surface area contributed by atoms with Gasteiger partial charge in [-0.2, -0.15) is 0 Å². The maximum atomic E-state index is 12.6. The molecule has 8 heteroatoms. The topological polar surface area (TPSA) is 105 Å². The third-order valence-corrected chi connectivity index (χ3v) is 4.83. The van der Waals surface area contributed by atoms with Crippen LogP contribution in [0.15, 0.2) is 48.5 Å². The van der Waals surface area contributed by atoms with Gasteiger partial charge in [0.15, 0.2) is 17.5 Å². The predicted molar refractivity (Wildman–Crippen MR) is 98.0 cm³/mol. The Morgan fingerprint density at radius 1 is 1.11 bits per heavy atom. The molecule has 2 aliphatic rings. The minimum absolute atomic E-state index is 0.0153. The van der Waals surface area contributed by atoms with E-state index in [-0.39, 0.29) is 25.7 Å². The zero-order chi connectivity index (χ0) is 19.7. The zero-order valence-electron chi connectivity index (χ0n) is 14.8. The van der Waals surface area contributed by atoms with E-state index >= 15 is 0 Å². The fraction of sp³-hybridized carbons (Fsp3) is 0.250. The van der Waals surface area contributed by atoms with Crippen molar-refractivity contribution >= 4 is 23.5 Å². The average molecular weight is 382 g/mol. The second-order valence-corrected chi connectivity index (χ2v) is 6.63. The summed E-state index contributed by atoms with van der Waals surface area (Å²) in [6.45, 7) is 0.305. The number of carbonyl (C=O) groups excluding carboxylic acids is 2. The number of nitrogens with zero attached hydrogens (tertiary/aromatic N) is 1. The molecule has 2 N–H and O–H groups in total. The summed E-state index contributed by atoms with van der Waals surface area (Å²) in [6.07, 6.45) is 0.0153. The van der Waals surface area contributed by atoms with Crippen LogP contribution in [0.4, 0.5) is 5.69 Å². The lowest BCUT2D eigenvalue weighted by molar-refractivity contribution is -0.142. The number of fused-ring (bicyclic) bond motifs is 1. The summed E-state index contributed by atoms with van der Waals surface area (Å²) in [6, 6.07) is 12.4. The van der Waals surface area contributed by atoms with E-state index in [1.165, 1.54) is 4.90 Å². The Morgan fingerprint density at radius 2 is 1.86 bits per heavy atom. The lowest BCUT2D eigenvalue weighted by atomic mass is 10.0. The summed E-state index contributed by atoms with van der Waals surface area (Å²) >= 11 is 0. The number of rotatable bonds is 5. The number of benzene rings is 2. The fourth-order valence-electron chi connectivity index (χ4n) is 3.38. The van der Waals surface area contributed by atoms with Gasteiger partial charge in [-0.15, -0.1) is 0 Å². The van der Waals surface area contributed by atoms with Gasteiger partial charge in [-0.25, -0.2) is 4.79 Å². The molecule has 2 aromatic rings. The Hall–Kier alpha value is -3.55. The molecule has 144 valence electrons. The Balaban J connectivity index is 1.47. The zero-order valence-corrected chi connectivity index (χ0v) is 14.8. The molecule has 2 heterocycles. The summed E-state index contributed by atoms with van der Waals surface area (Å²) < 4.78 is 10.6. The third-order valence-electron chi connectivity index (χ3n) is 4.83. The van der Waals surface area contributed by atoms with Crippen molar-refractivity contribution in [2.75, 3.05) is 18.2 Å². The Morgan fingerprint density at radius 3 is 2.61 bits per heavy atom. The minimum atomic E-state index is -1.16. The molecule has 2 amide bonds. The first-order valence-corrected chi connectivity index (χ1v) is 8.81. The second-order valence-electron chi connectivity index (χ2n) is 6.63. The molecule has 0 saturated carbocycles. The van der Waals surface area contributed by atoms with Crippen molar-refractivity contribution in [2.45, 2.75) is 12.5 Å². The largest absolute Gasteiger partial charge is 0.479 e. The van der Waals surface area contributed by atoms with Crippen molar-refractivity contribution in [3.05, 3.63) is 54.1 Å². The van der Waals surface area contributed by atoms with Crippen molar-refractivity contribution < 1.29 is 29.0 Å². The number of anilines is 1. The number of carbonyl (C=O) groups is 3. The number of nitrogens with one attached hydrogen (secondary N) is 1. The smallest absolute Gasteiger partial charge is 0.330 e. The molecule has 4 rings (SSSR count). The summed E-state index contributed by atoms with van der Waals surface area (Å²) in [5.41, 5.74) is 1.09. The quantitative estimate of drug-likeness (QED) is 0.816. The van der Waals surface area contributed by atoms with Crippen molar-refractivity contribution in [1.29, 1.82) is 0 Å². The van der Waals surface area contributed by atoms with E-state index in [2.05, 4.69) is 5.32 Å². The molecule has 8 nitrogen and oxygen atoms in total. The van der Waals surface area contributed by atoms with Gasteiger partial charge >= 0.3 is 5.97 Å². The molecule has 0 aromatic heterocycles. The maximum Gasteiger partial charge on any atom is 0.330 e. The van der Waals surface area contributed by atoms with Crippen molar-refractivity contribution in [1.82, 2.24) is 5.32 Å². The normalized spacial score (nSPS) is 18.8. The number of amides is 2. The maximum absolute atomic E-state index is 12.6. The van der Waals surface area contributed by atoms with Crippen molar-refractivity contribution in [3.8, 4) is 11.5 Å². The first kappa shape index (κ1) is 17.8. The van der Waals surface area contributed by atoms with E-state index in [4.69, 9.17) is 9.47 Å². The molecule has 0 spiro atoms. The molecular weight excluding hydrogens is 364 g/mol. The number of carboxylic acids is 1. The van der Waals surface area contributed by atoms with Crippen LogP contribution < -0.4 is 19.7 Å². The third kappa shape index (κ3) is 3.36. The highest BCUT2D eigenvalue weighted by Gasteiger charge is 2.37. The molecule has 1 fully saturated rings. The number of hydrogen-bond acceptors (Lipinski definition) is 5. The van der Waals surface area contributed by atoms with Crippen LogP contribution in [-0.2, 0) is 14.4 Å². The number of ether oxygens (including phenoxy) is 2. The molecule has 2 aromatic carbocycles. The summed E-state index contributed by atoms with van der Waals surface area (Å²) in [7, 11) is 0. The van der Waals surface area contributed by atoms with Gasteiger partial charge in [0.1, 0.15) is 0 Å². The van der Waals surface area contributed by atoms with Gasteiger partial charge in [0.25, 0.3) is 0 Å². The van der Waals surface area contributed by atoms with Crippen LogP contribution in [0.2, 0.25) is 0 Å². The van der Waals surface area contributed by atoms with Crippen LogP contribution in [0.3, 0.4) is 0 Å². The fourth-order valence-corrected chi connectivity index (χ4v) is 3.38. The molecule has 2 aliphatic heterocycles. The van der Waals surface area contributed by atoms with Gasteiger partial charge in [0.2, 0.25) is 18.6 Å². The molecular formula is C20H18N2O6. The molecule has 0 radical (unpaired) electrons. The van der Waals surface area contributed by atoms with Crippen LogP contribution in [0.25, 0.3) is 0 Å². The van der Waals surface area contributed by atoms with Gasteiger partial charge in [-0.05, 0) is 17.7 Å². The highest BCUT2D eigenvalue weighted by Crippen LogP contribution is 2.37. The van der Waals surface area contributed by atoms with Gasteiger partial charge in [0, 0.05) is 24.7 Å². The van der Waals surface area contributed by atoms with E-state index in [0.717, 1.165) is 0 Å². The lowest BCUT2D eigenvalue weighted by Gasteiger charge is -2.19. The van der Waals surface area contributed by atoms with Gasteiger partial charge in [-0.3, -0.25) is 9.59 Å². The van der Waals surface area contributed by atoms with Crippen LogP contribution >= 0.6 is 0 Å². The monoisotopic (exact) mass is 382 g/mol. The van der Waals surface area contributed by atoms with Crippen LogP contribution in [-0.4, -0.2) is 36.2 Å². The minimum Gasteiger partial charge on any atom is -0.479 e. The van der Waals surface area contributed by atoms with Crippen molar-refractivity contribution in [2.24, 2.45) is 5.92 Å². The Bertz CT molecular complexity index is 930. The summed E-state index contributed by atoms with van der Waals surface area (Å²) in [5.74, 6) is -1.30. The predicted octanol–water partition coefficient (Wildman–Crippen LogP) is 1.71. The molecule has 0 bridgehead atoms. The number of hydrogen-bond donors (Lipinski definition) is 2. The highest BCUT2D eigenvalue weighted by atomic mass is 16.7. The van der Waals surface area contributed by atoms with Gasteiger partial charge < -0.3 is 24.8 Å². The lowest BCUT2D eigenvalue weighted by Crippen LogP contribution is -2.38. The van der Waals surface area contributed by atoms with Crippen LogP contribution in [0, 0.1) is 5.92 Å². The molecule has 2 atom stereocenters. The first-order valence-electron chi connectivity index (χ1n) is 8.81. The van der Waals surface area contributed by atoms with Crippen molar-refractivity contribution in [3.63, 3.8) is 0 Å². The van der Waals surface area contributed by atoms with Gasteiger partial charge in [0.05, 0.1) is 5.92 Å². The number of carboxylic acid groups (broad SMARTS) is 1. The summed E-state index contributed by atoms with van der Waals surface area (Å²) in [5, 5.41) is 12.0. The second kappa shape index (κ2) is 7.22. The average Bonchev–Trinajstić information content (AvgIpc) is 3.32. The van der Waals surface area contributed by atoms with Crippen LogP contribution in [0.1, 0.15) is 18.0 Å². The van der Waals surface area contributed by atoms with Crippen LogP contribution in [0.5, 0.6) is 11.5 Å². The molecule has 0 unspecified atom stereocenters. The van der Waals surface area contributed by atoms with E-state index in [9.17, 15) is 19.5 Å². The Labute approximate surface area is 160 Å². The Kier molecular flexibility index (Phi) is 4.60. The van der Waals surface area contributed by atoms with E-state index in [1.54, 1.807) is 48.5 Å². The standard InChI is InChI=1S/C20H18N2O6/c23-17-8-13(10-22(17)14-6-7-15-16(9-14)28-11-27-15)19(24)21-18(20(25)26)12-4-2-1-3-5-12/h1-7,9,13,18H,8,10-11H2,(H,21,24)(H,25,26)/t13-,18+/m0/s1. The summed E-state index contributed by atoms with van der Waals surface area (Å²) in [4.78, 5) is 38.2. The molecule has 28 heavy (non-hydrogen) atoms. The van der Waals surface area contributed by atoms with E-state index < -0.39 is 23.8 Å².